The van der Waals surface area contributed by atoms with E-state index in [1.807, 2.05) is 0 Å². The van der Waals surface area contributed by atoms with E-state index in [0.29, 0.717) is 33.7 Å². The standard InChI is InChI=1S/C14H13F2N3OS/c15-14(16)21-12-4-2-1-3-10(12)19-11-7-8(17)5-6-9(11)13(18)20/h1-7,14,19H,17H2,(H2,18,20). The topological polar surface area (TPSA) is 81.1 Å². The summed E-state index contributed by atoms with van der Waals surface area (Å²) >= 11 is 0.419. The molecule has 2 aromatic rings. The van der Waals surface area contributed by atoms with Crippen LogP contribution in [0.1, 0.15) is 10.4 Å². The number of hydrogen-bond acceptors (Lipinski definition) is 4. The number of rotatable bonds is 5. The van der Waals surface area contributed by atoms with Gasteiger partial charge in [-0.05, 0) is 30.3 Å². The zero-order valence-electron chi connectivity index (χ0n) is 10.8. The molecule has 0 unspecified atom stereocenters. The van der Waals surface area contributed by atoms with Crippen molar-refractivity contribution in [3.8, 4) is 0 Å². The van der Waals surface area contributed by atoms with Crippen molar-refractivity contribution in [1.82, 2.24) is 0 Å². The molecular formula is C14H13F2N3OS. The first-order valence-electron chi connectivity index (χ1n) is 5.97. The molecule has 0 aliphatic heterocycles. The normalized spacial score (nSPS) is 10.6. The molecular weight excluding hydrogens is 296 g/mol. The van der Waals surface area contributed by atoms with Crippen LogP contribution in [0.4, 0.5) is 25.8 Å². The minimum Gasteiger partial charge on any atom is -0.399 e. The minimum atomic E-state index is -2.54. The number of nitrogens with one attached hydrogen (secondary N) is 1. The Morgan fingerprint density at radius 1 is 1.14 bits per heavy atom. The van der Waals surface area contributed by atoms with Crippen LogP contribution >= 0.6 is 11.8 Å². The molecule has 4 nitrogen and oxygen atoms in total. The fourth-order valence-electron chi connectivity index (χ4n) is 1.79. The van der Waals surface area contributed by atoms with Crippen LogP contribution in [-0.2, 0) is 0 Å². The maximum absolute atomic E-state index is 12.6. The second-order valence-corrected chi connectivity index (χ2v) is 5.20. The Kier molecular flexibility index (Phi) is 4.64. The second-order valence-electron chi connectivity index (χ2n) is 4.17. The van der Waals surface area contributed by atoms with E-state index in [-0.39, 0.29) is 5.56 Å². The van der Waals surface area contributed by atoms with Gasteiger partial charge in [0, 0.05) is 10.6 Å². The summed E-state index contributed by atoms with van der Waals surface area (Å²) in [5, 5.41) is 2.93. The summed E-state index contributed by atoms with van der Waals surface area (Å²) in [5.41, 5.74) is 12.5. The zero-order chi connectivity index (χ0) is 15.4. The summed E-state index contributed by atoms with van der Waals surface area (Å²) < 4.78 is 25.1. The Morgan fingerprint density at radius 2 is 1.86 bits per heavy atom. The molecule has 21 heavy (non-hydrogen) atoms. The Balaban J connectivity index is 2.38. The maximum atomic E-state index is 12.6. The highest BCUT2D eigenvalue weighted by atomic mass is 32.2. The molecule has 0 heterocycles. The number of benzene rings is 2. The average molecular weight is 309 g/mol. The average Bonchev–Trinajstić information content (AvgIpc) is 2.40. The number of amides is 1. The molecule has 7 heteroatoms. The molecule has 0 saturated heterocycles. The summed E-state index contributed by atoms with van der Waals surface area (Å²) in [5.74, 6) is -3.17. The SMILES string of the molecule is NC(=O)c1ccc(N)cc1Nc1ccccc1SC(F)F. The number of anilines is 3. The maximum Gasteiger partial charge on any atom is 0.288 e. The third kappa shape index (κ3) is 3.85. The number of primary amides is 1. The van der Waals surface area contributed by atoms with E-state index in [1.165, 1.54) is 12.1 Å². The summed E-state index contributed by atoms with van der Waals surface area (Å²) in [4.78, 5) is 11.8. The van der Waals surface area contributed by atoms with Crippen molar-refractivity contribution in [3.63, 3.8) is 0 Å². The Labute approximate surface area is 124 Å². The molecule has 0 radical (unpaired) electrons. The molecule has 0 aliphatic carbocycles. The molecule has 0 atom stereocenters. The largest absolute Gasteiger partial charge is 0.399 e. The van der Waals surface area contributed by atoms with E-state index in [4.69, 9.17) is 11.5 Å². The van der Waals surface area contributed by atoms with Crippen LogP contribution < -0.4 is 16.8 Å². The highest BCUT2D eigenvalue weighted by Gasteiger charge is 2.13. The number of carbonyl (C=O) groups excluding carboxylic acids is 1. The van der Waals surface area contributed by atoms with Gasteiger partial charge in [-0.2, -0.15) is 8.78 Å². The monoisotopic (exact) mass is 309 g/mol. The summed E-state index contributed by atoms with van der Waals surface area (Å²) in [7, 11) is 0. The predicted octanol–water partition coefficient (Wildman–Crippen LogP) is 3.43. The number of carbonyl (C=O) groups is 1. The molecule has 0 bridgehead atoms. The van der Waals surface area contributed by atoms with Crippen LogP contribution in [0.15, 0.2) is 47.4 Å². The van der Waals surface area contributed by atoms with Crippen LogP contribution in [0.3, 0.4) is 0 Å². The first-order valence-corrected chi connectivity index (χ1v) is 6.85. The molecule has 2 aromatic carbocycles. The molecule has 0 fully saturated rings. The van der Waals surface area contributed by atoms with Crippen molar-refractivity contribution in [2.24, 2.45) is 5.73 Å². The van der Waals surface area contributed by atoms with Gasteiger partial charge in [-0.3, -0.25) is 4.79 Å². The first kappa shape index (κ1) is 15.1. The minimum absolute atomic E-state index is 0.237. The lowest BCUT2D eigenvalue weighted by molar-refractivity contribution is 0.100. The van der Waals surface area contributed by atoms with Gasteiger partial charge in [0.2, 0.25) is 0 Å². The fourth-order valence-corrected chi connectivity index (χ4v) is 2.39. The number of nitrogens with two attached hydrogens (primary N) is 2. The second kappa shape index (κ2) is 6.45. The lowest BCUT2D eigenvalue weighted by atomic mass is 10.1. The van der Waals surface area contributed by atoms with Gasteiger partial charge in [0.05, 0.1) is 16.9 Å². The van der Waals surface area contributed by atoms with E-state index >= 15 is 0 Å². The van der Waals surface area contributed by atoms with Gasteiger partial charge < -0.3 is 16.8 Å². The van der Waals surface area contributed by atoms with Crippen LogP contribution in [0.2, 0.25) is 0 Å². The number of hydrogen-bond donors (Lipinski definition) is 3. The van der Waals surface area contributed by atoms with Crippen molar-refractivity contribution in [1.29, 1.82) is 0 Å². The highest BCUT2D eigenvalue weighted by Crippen LogP contribution is 2.34. The number of alkyl halides is 2. The lowest BCUT2D eigenvalue weighted by Crippen LogP contribution is -2.13. The summed E-state index contributed by atoms with van der Waals surface area (Å²) in [6, 6.07) is 11.1. The van der Waals surface area contributed by atoms with Crippen LogP contribution in [0, 0.1) is 0 Å². The molecule has 0 aromatic heterocycles. The quantitative estimate of drug-likeness (QED) is 0.584. The van der Waals surface area contributed by atoms with Crippen LogP contribution in [-0.4, -0.2) is 11.7 Å². The molecule has 110 valence electrons. The van der Waals surface area contributed by atoms with Gasteiger partial charge >= 0.3 is 0 Å². The Bertz CT molecular complexity index is 664. The molecule has 0 saturated carbocycles. The van der Waals surface area contributed by atoms with Gasteiger partial charge in [-0.15, -0.1) is 0 Å². The predicted molar refractivity (Wildman–Crippen MR) is 81.0 cm³/mol. The van der Waals surface area contributed by atoms with Gasteiger partial charge in [-0.1, -0.05) is 23.9 Å². The smallest absolute Gasteiger partial charge is 0.288 e. The highest BCUT2D eigenvalue weighted by molar-refractivity contribution is 7.99. The summed E-state index contributed by atoms with van der Waals surface area (Å²) in [6.45, 7) is 0. The lowest BCUT2D eigenvalue weighted by Gasteiger charge is -2.14. The third-order valence-corrected chi connectivity index (χ3v) is 3.47. The van der Waals surface area contributed by atoms with E-state index < -0.39 is 11.7 Å². The first-order chi connectivity index (χ1) is 9.97. The van der Waals surface area contributed by atoms with E-state index in [9.17, 15) is 13.6 Å². The molecule has 0 aliphatic rings. The number of nitrogen functional groups attached to an aromatic ring is 1. The van der Waals surface area contributed by atoms with E-state index in [2.05, 4.69) is 5.32 Å². The van der Waals surface area contributed by atoms with Gasteiger partial charge in [0.15, 0.2) is 0 Å². The van der Waals surface area contributed by atoms with E-state index in [0.717, 1.165) is 0 Å². The van der Waals surface area contributed by atoms with Gasteiger partial charge in [0.1, 0.15) is 0 Å². The van der Waals surface area contributed by atoms with Crippen molar-refractivity contribution in [2.75, 3.05) is 11.1 Å². The zero-order valence-corrected chi connectivity index (χ0v) is 11.7. The van der Waals surface area contributed by atoms with Crippen molar-refractivity contribution in [3.05, 3.63) is 48.0 Å². The molecule has 2 rings (SSSR count). The van der Waals surface area contributed by atoms with Crippen molar-refractivity contribution >= 4 is 34.7 Å². The summed E-state index contributed by atoms with van der Waals surface area (Å²) in [6.07, 6.45) is 0. The van der Waals surface area contributed by atoms with Crippen molar-refractivity contribution in [2.45, 2.75) is 10.7 Å². The fraction of sp³-hybridized carbons (Fsp3) is 0.0714. The van der Waals surface area contributed by atoms with Gasteiger partial charge in [-0.25, -0.2) is 0 Å². The van der Waals surface area contributed by atoms with E-state index in [1.54, 1.807) is 30.3 Å². The van der Waals surface area contributed by atoms with Crippen molar-refractivity contribution < 1.29 is 13.6 Å². The number of halogens is 2. The molecule has 5 N–H and O–H groups in total. The van der Waals surface area contributed by atoms with Crippen LogP contribution in [0.25, 0.3) is 0 Å². The number of para-hydroxylation sites is 1. The molecule has 1 amide bonds. The molecule has 0 spiro atoms. The van der Waals surface area contributed by atoms with Crippen LogP contribution in [0.5, 0.6) is 0 Å². The number of thioether (sulfide) groups is 1. The third-order valence-electron chi connectivity index (χ3n) is 2.68. The Hall–Kier alpha value is -2.28. The Morgan fingerprint density at radius 3 is 2.52 bits per heavy atom. The van der Waals surface area contributed by atoms with Gasteiger partial charge in [0.25, 0.3) is 11.7 Å².